The summed E-state index contributed by atoms with van der Waals surface area (Å²) in [4.78, 5) is 0. The lowest BCUT2D eigenvalue weighted by molar-refractivity contribution is 0.231. The summed E-state index contributed by atoms with van der Waals surface area (Å²) >= 11 is 5.72. The van der Waals surface area contributed by atoms with Gasteiger partial charge in [0.05, 0.1) is 6.04 Å². The molecular formula is C12H18ClFN2. The molecule has 90 valence electrons. The van der Waals surface area contributed by atoms with Crippen molar-refractivity contribution >= 4 is 11.6 Å². The lowest BCUT2D eigenvalue weighted by atomic mass is 9.78. The number of hydrogen-bond donors (Lipinski definition) is 2. The molecule has 1 aromatic carbocycles. The van der Waals surface area contributed by atoms with Crippen molar-refractivity contribution in [2.75, 3.05) is 0 Å². The van der Waals surface area contributed by atoms with Crippen LogP contribution in [-0.2, 0) is 0 Å². The summed E-state index contributed by atoms with van der Waals surface area (Å²) in [6.45, 7) is 6.15. The predicted molar refractivity (Wildman–Crippen MR) is 65.5 cm³/mol. The minimum absolute atomic E-state index is 0.122. The Morgan fingerprint density at radius 2 is 2.12 bits per heavy atom. The molecule has 3 N–H and O–H groups in total. The summed E-state index contributed by atoms with van der Waals surface area (Å²) in [7, 11) is 0. The van der Waals surface area contributed by atoms with Crippen LogP contribution in [0.4, 0.5) is 4.39 Å². The second-order valence-electron chi connectivity index (χ2n) is 4.61. The molecule has 0 bridgehead atoms. The number of benzene rings is 1. The van der Waals surface area contributed by atoms with Gasteiger partial charge >= 0.3 is 0 Å². The fourth-order valence-electron chi connectivity index (χ4n) is 1.68. The maximum atomic E-state index is 13.8. The molecule has 0 saturated carbocycles. The molecule has 1 aromatic rings. The van der Waals surface area contributed by atoms with E-state index < -0.39 is 0 Å². The summed E-state index contributed by atoms with van der Waals surface area (Å²) in [5.74, 6) is 5.20. The Balaban J connectivity index is 3.14. The highest BCUT2D eigenvalue weighted by molar-refractivity contribution is 6.30. The number of nitrogens with one attached hydrogen (secondary N) is 1. The van der Waals surface area contributed by atoms with Crippen LogP contribution in [0.25, 0.3) is 0 Å². The van der Waals surface area contributed by atoms with Crippen molar-refractivity contribution in [1.82, 2.24) is 5.43 Å². The molecule has 0 saturated heterocycles. The average Bonchev–Trinajstić information content (AvgIpc) is 2.22. The van der Waals surface area contributed by atoms with Gasteiger partial charge in [-0.2, -0.15) is 0 Å². The van der Waals surface area contributed by atoms with Crippen LogP contribution in [-0.4, -0.2) is 0 Å². The Bertz CT molecular complexity index is 366. The smallest absolute Gasteiger partial charge is 0.129 e. The molecule has 0 radical (unpaired) electrons. The molecule has 0 amide bonds. The first kappa shape index (κ1) is 13.4. The SMILES string of the molecule is CCC(C)(C)C(NN)c1ccc(Cl)cc1F. The molecule has 0 spiro atoms. The molecule has 16 heavy (non-hydrogen) atoms. The lowest BCUT2D eigenvalue weighted by Crippen LogP contribution is -2.38. The van der Waals surface area contributed by atoms with E-state index in [1.165, 1.54) is 6.07 Å². The highest BCUT2D eigenvalue weighted by Crippen LogP contribution is 2.37. The van der Waals surface area contributed by atoms with E-state index in [2.05, 4.69) is 12.3 Å². The van der Waals surface area contributed by atoms with E-state index in [0.29, 0.717) is 10.6 Å². The second kappa shape index (κ2) is 5.13. The van der Waals surface area contributed by atoms with Gasteiger partial charge in [0.25, 0.3) is 0 Å². The topological polar surface area (TPSA) is 38.0 Å². The van der Waals surface area contributed by atoms with Gasteiger partial charge in [-0.05, 0) is 24.0 Å². The second-order valence-corrected chi connectivity index (χ2v) is 5.04. The molecular weight excluding hydrogens is 227 g/mol. The highest BCUT2D eigenvalue weighted by Gasteiger charge is 2.30. The van der Waals surface area contributed by atoms with Gasteiger partial charge in [0.1, 0.15) is 5.82 Å². The molecule has 0 aromatic heterocycles. The van der Waals surface area contributed by atoms with Crippen LogP contribution < -0.4 is 11.3 Å². The third-order valence-electron chi connectivity index (χ3n) is 3.13. The first-order valence-corrected chi connectivity index (χ1v) is 5.71. The Morgan fingerprint density at radius 3 is 2.56 bits per heavy atom. The van der Waals surface area contributed by atoms with Gasteiger partial charge in [-0.1, -0.05) is 38.4 Å². The molecule has 0 heterocycles. The third-order valence-corrected chi connectivity index (χ3v) is 3.37. The van der Waals surface area contributed by atoms with Crippen molar-refractivity contribution in [2.24, 2.45) is 11.3 Å². The van der Waals surface area contributed by atoms with Gasteiger partial charge in [-0.3, -0.25) is 11.3 Å². The minimum atomic E-state index is -0.322. The monoisotopic (exact) mass is 244 g/mol. The van der Waals surface area contributed by atoms with Crippen molar-refractivity contribution in [3.05, 3.63) is 34.6 Å². The zero-order chi connectivity index (χ0) is 12.3. The normalized spacial score (nSPS) is 13.9. The molecule has 0 aliphatic rings. The summed E-state index contributed by atoms with van der Waals surface area (Å²) < 4.78 is 13.8. The predicted octanol–water partition coefficient (Wildman–Crippen LogP) is 3.42. The van der Waals surface area contributed by atoms with Crippen molar-refractivity contribution in [3.63, 3.8) is 0 Å². The summed E-state index contributed by atoms with van der Waals surface area (Å²) in [5, 5.41) is 0.395. The molecule has 0 aliphatic heterocycles. The van der Waals surface area contributed by atoms with Gasteiger partial charge in [0.2, 0.25) is 0 Å². The largest absolute Gasteiger partial charge is 0.271 e. The fourth-order valence-corrected chi connectivity index (χ4v) is 1.83. The van der Waals surface area contributed by atoms with Crippen molar-refractivity contribution < 1.29 is 4.39 Å². The van der Waals surface area contributed by atoms with Gasteiger partial charge in [0, 0.05) is 10.6 Å². The lowest BCUT2D eigenvalue weighted by Gasteiger charge is -2.33. The van der Waals surface area contributed by atoms with Crippen LogP contribution in [0.1, 0.15) is 38.8 Å². The van der Waals surface area contributed by atoms with Crippen molar-refractivity contribution in [1.29, 1.82) is 0 Å². The van der Waals surface area contributed by atoms with Crippen LogP contribution in [0.2, 0.25) is 5.02 Å². The molecule has 0 aliphatic carbocycles. The van der Waals surface area contributed by atoms with Crippen LogP contribution in [0, 0.1) is 11.2 Å². The van der Waals surface area contributed by atoms with E-state index in [1.54, 1.807) is 12.1 Å². The first-order valence-electron chi connectivity index (χ1n) is 5.33. The van der Waals surface area contributed by atoms with E-state index in [1.807, 2.05) is 13.8 Å². The van der Waals surface area contributed by atoms with E-state index >= 15 is 0 Å². The fraction of sp³-hybridized carbons (Fsp3) is 0.500. The molecule has 0 fully saturated rings. The van der Waals surface area contributed by atoms with Crippen LogP contribution in [0.15, 0.2) is 18.2 Å². The van der Waals surface area contributed by atoms with Crippen molar-refractivity contribution in [2.45, 2.75) is 33.2 Å². The summed E-state index contributed by atoms with van der Waals surface area (Å²) in [5.41, 5.74) is 3.12. The summed E-state index contributed by atoms with van der Waals surface area (Å²) in [6, 6.07) is 4.44. The van der Waals surface area contributed by atoms with E-state index in [9.17, 15) is 4.39 Å². The number of nitrogens with two attached hydrogens (primary N) is 1. The third kappa shape index (κ3) is 2.73. The molecule has 1 rings (SSSR count). The number of hydrogen-bond acceptors (Lipinski definition) is 2. The highest BCUT2D eigenvalue weighted by atomic mass is 35.5. The van der Waals surface area contributed by atoms with Gasteiger partial charge in [-0.15, -0.1) is 0 Å². The number of halogens is 2. The average molecular weight is 245 g/mol. The van der Waals surface area contributed by atoms with E-state index in [4.69, 9.17) is 17.4 Å². The zero-order valence-corrected chi connectivity index (χ0v) is 10.6. The number of rotatable bonds is 4. The standard InChI is InChI=1S/C12H18ClFN2/c1-4-12(2,3)11(16-15)9-6-5-8(13)7-10(9)14/h5-7,11,16H,4,15H2,1-3H3. The molecule has 1 unspecified atom stereocenters. The minimum Gasteiger partial charge on any atom is -0.271 e. The maximum absolute atomic E-state index is 13.8. The Labute approximate surface area is 101 Å². The van der Waals surface area contributed by atoms with Gasteiger partial charge < -0.3 is 0 Å². The first-order chi connectivity index (χ1) is 7.42. The van der Waals surface area contributed by atoms with Crippen LogP contribution >= 0.6 is 11.6 Å². The maximum Gasteiger partial charge on any atom is 0.129 e. The summed E-state index contributed by atoms with van der Waals surface area (Å²) in [6.07, 6.45) is 0.893. The van der Waals surface area contributed by atoms with Crippen molar-refractivity contribution in [3.8, 4) is 0 Å². The Kier molecular flexibility index (Phi) is 4.30. The Morgan fingerprint density at radius 1 is 1.50 bits per heavy atom. The van der Waals surface area contributed by atoms with Crippen LogP contribution in [0.3, 0.4) is 0 Å². The van der Waals surface area contributed by atoms with Gasteiger partial charge in [-0.25, -0.2) is 4.39 Å². The quantitative estimate of drug-likeness (QED) is 0.629. The van der Waals surface area contributed by atoms with Crippen LogP contribution in [0.5, 0.6) is 0 Å². The molecule has 4 heteroatoms. The molecule has 1 atom stereocenters. The zero-order valence-electron chi connectivity index (χ0n) is 9.85. The van der Waals surface area contributed by atoms with E-state index in [0.717, 1.165) is 6.42 Å². The molecule has 2 nitrogen and oxygen atoms in total. The Hall–Kier alpha value is -0.640. The number of hydrazine groups is 1. The van der Waals surface area contributed by atoms with Gasteiger partial charge in [0.15, 0.2) is 0 Å². The van der Waals surface area contributed by atoms with E-state index in [-0.39, 0.29) is 17.3 Å².